The monoisotopic (exact) mass is 281 g/mol. The third-order valence-corrected chi connectivity index (χ3v) is 3.18. The van der Waals surface area contributed by atoms with Crippen molar-refractivity contribution < 1.29 is 13.9 Å². The van der Waals surface area contributed by atoms with E-state index in [1.807, 2.05) is 42.5 Å². The van der Waals surface area contributed by atoms with Crippen LogP contribution >= 0.6 is 0 Å². The Hall–Kier alpha value is -2.75. The molecular formula is C17H15NO3. The molecule has 106 valence electrons. The van der Waals surface area contributed by atoms with Gasteiger partial charge in [0.15, 0.2) is 0 Å². The van der Waals surface area contributed by atoms with E-state index in [4.69, 9.17) is 9.15 Å². The van der Waals surface area contributed by atoms with Gasteiger partial charge in [-0.2, -0.15) is 0 Å². The summed E-state index contributed by atoms with van der Waals surface area (Å²) < 4.78 is 10.6. The van der Waals surface area contributed by atoms with Crippen molar-refractivity contribution in [3.8, 4) is 5.75 Å². The summed E-state index contributed by atoms with van der Waals surface area (Å²) in [6.07, 6.45) is 2.89. The van der Waals surface area contributed by atoms with Gasteiger partial charge in [0, 0.05) is 5.39 Å². The van der Waals surface area contributed by atoms with E-state index in [0.717, 1.165) is 16.5 Å². The van der Waals surface area contributed by atoms with Crippen LogP contribution in [0.3, 0.4) is 0 Å². The number of carbonyl (C=O) groups excluding carboxylic acids is 1. The zero-order chi connectivity index (χ0) is 14.5. The van der Waals surface area contributed by atoms with Crippen molar-refractivity contribution in [2.45, 2.75) is 0 Å². The van der Waals surface area contributed by atoms with E-state index in [1.165, 1.54) is 12.5 Å². The summed E-state index contributed by atoms with van der Waals surface area (Å²) in [7, 11) is 0. The number of carbonyl (C=O) groups is 1. The zero-order valence-electron chi connectivity index (χ0n) is 11.4. The van der Waals surface area contributed by atoms with Crippen molar-refractivity contribution in [1.82, 2.24) is 5.32 Å². The third-order valence-electron chi connectivity index (χ3n) is 3.18. The van der Waals surface area contributed by atoms with E-state index in [0.29, 0.717) is 18.7 Å². The Morgan fingerprint density at radius 1 is 1.10 bits per heavy atom. The predicted molar refractivity (Wildman–Crippen MR) is 80.5 cm³/mol. The minimum absolute atomic E-state index is 0.162. The van der Waals surface area contributed by atoms with Gasteiger partial charge in [0.2, 0.25) is 0 Å². The highest BCUT2D eigenvalue weighted by Gasteiger charge is 2.06. The molecule has 0 aliphatic carbocycles. The third kappa shape index (κ3) is 3.05. The van der Waals surface area contributed by atoms with Crippen LogP contribution in [-0.4, -0.2) is 19.1 Å². The number of hydrogen-bond donors (Lipinski definition) is 1. The molecule has 4 heteroatoms. The van der Waals surface area contributed by atoms with Gasteiger partial charge in [-0.15, -0.1) is 0 Å². The first-order valence-electron chi connectivity index (χ1n) is 6.75. The van der Waals surface area contributed by atoms with Gasteiger partial charge in [-0.3, -0.25) is 4.79 Å². The summed E-state index contributed by atoms with van der Waals surface area (Å²) in [5, 5.41) is 4.99. The van der Waals surface area contributed by atoms with Gasteiger partial charge in [0.05, 0.1) is 18.4 Å². The average molecular weight is 281 g/mol. The quantitative estimate of drug-likeness (QED) is 0.730. The fraction of sp³-hybridized carbons (Fsp3) is 0.118. The van der Waals surface area contributed by atoms with E-state index in [9.17, 15) is 4.79 Å². The fourth-order valence-corrected chi connectivity index (χ4v) is 2.14. The Bertz CT molecular complexity index is 729. The maximum Gasteiger partial charge on any atom is 0.254 e. The molecule has 0 bridgehead atoms. The minimum atomic E-state index is -0.162. The summed E-state index contributed by atoms with van der Waals surface area (Å²) in [5.74, 6) is 0.663. The number of nitrogens with one attached hydrogen (secondary N) is 1. The van der Waals surface area contributed by atoms with Crippen LogP contribution in [0.15, 0.2) is 65.5 Å². The van der Waals surface area contributed by atoms with Crippen LogP contribution in [0, 0.1) is 0 Å². The molecular weight excluding hydrogens is 266 g/mol. The molecule has 1 heterocycles. The van der Waals surface area contributed by atoms with Crippen LogP contribution in [-0.2, 0) is 0 Å². The van der Waals surface area contributed by atoms with E-state index in [-0.39, 0.29) is 5.91 Å². The van der Waals surface area contributed by atoms with Gasteiger partial charge in [-0.25, -0.2) is 0 Å². The molecule has 3 aromatic rings. The van der Waals surface area contributed by atoms with E-state index < -0.39 is 0 Å². The highest BCUT2D eigenvalue weighted by molar-refractivity contribution is 5.93. The molecule has 0 unspecified atom stereocenters. The second-order valence-corrected chi connectivity index (χ2v) is 4.59. The van der Waals surface area contributed by atoms with Gasteiger partial charge in [0.25, 0.3) is 5.91 Å². The number of hydrogen-bond acceptors (Lipinski definition) is 3. The van der Waals surface area contributed by atoms with Crippen molar-refractivity contribution in [2.24, 2.45) is 0 Å². The van der Waals surface area contributed by atoms with Crippen molar-refractivity contribution >= 4 is 16.7 Å². The Kier molecular flexibility index (Phi) is 3.87. The topological polar surface area (TPSA) is 51.5 Å². The molecule has 0 atom stereocenters. The molecule has 0 saturated heterocycles. The number of fused-ring (bicyclic) bond motifs is 1. The Balaban J connectivity index is 1.56. The van der Waals surface area contributed by atoms with E-state index >= 15 is 0 Å². The van der Waals surface area contributed by atoms with Crippen LogP contribution in [0.4, 0.5) is 0 Å². The molecule has 4 nitrogen and oxygen atoms in total. The first-order chi connectivity index (χ1) is 10.3. The Morgan fingerprint density at radius 3 is 2.81 bits per heavy atom. The smallest absolute Gasteiger partial charge is 0.254 e. The lowest BCUT2D eigenvalue weighted by atomic mass is 10.1. The van der Waals surface area contributed by atoms with E-state index in [2.05, 4.69) is 5.32 Å². The summed E-state index contributed by atoms with van der Waals surface area (Å²) in [6.45, 7) is 0.852. The molecule has 1 N–H and O–H groups in total. The zero-order valence-corrected chi connectivity index (χ0v) is 11.4. The average Bonchev–Trinajstić information content (AvgIpc) is 3.06. The van der Waals surface area contributed by atoms with Crippen molar-refractivity contribution in [2.75, 3.05) is 13.2 Å². The van der Waals surface area contributed by atoms with Crippen LogP contribution in [0.5, 0.6) is 5.75 Å². The summed E-state index contributed by atoms with van der Waals surface area (Å²) in [6, 6.07) is 15.6. The number of ether oxygens (including phenoxy) is 1. The molecule has 0 radical (unpaired) electrons. The van der Waals surface area contributed by atoms with Gasteiger partial charge >= 0.3 is 0 Å². The standard InChI is InChI=1S/C17H15NO3/c19-17(14-8-10-20-12-14)18-9-11-21-16-7-3-5-13-4-1-2-6-15(13)16/h1-8,10,12H,9,11H2,(H,18,19). The number of rotatable bonds is 5. The first-order valence-corrected chi connectivity index (χ1v) is 6.75. The van der Waals surface area contributed by atoms with Crippen LogP contribution in [0.25, 0.3) is 10.8 Å². The lowest BCUT2D eigenvalue weighted by Crippen LogP contribution is -2.27. The fourth-order valence-electron chi connectivity index (χ4n) is 2.14. The maximum atomic E-state index is 11.7. The summed E-state index contributed by atoms with van der Waals surface area (Å²) in [5.41, 5.74) is 0.514. The van der Waals surface area contributed by atoms with Crippen molar-refractivity contribution in [3.05, 3.63) is 66.6 Å². The van der Waals surface area contributed by atoms with Gasteiger partial charge < -0.3 is 14.5 Å². The first kappa shape index (κ1) is 13.2. The number of benzene rings is 2. The molecule has 0 aliphatic rings. The Morgan fingerprint density at radius 2 is 1.95 bits per heavy atom. The second kappa shape index (κ2) is 6.13. The molecule has 0 spiro atoms. The number of furan rings is 1. The highest BCUT2D eigenvalue weighted by Crippen LogP contribution is 2.24. The van der Waals surface area contributed by atoms with Crippen LogP contribution in [0.2, 0.25) is 0 Å². The molecule has 1 aromatic heterocycles. The van der Waals surface area contributed by atoms with Gasteiger partial charge in [-0.1, -0.05) is 36.4 Å². The van der Waals surface area contributed by atoms with E-state index in [1.54, 1.807) is 6.07 Å². The lowest BCUT2D eigenvalue weighted by Gasteiger charge is -2.09. The minimum Gasteiger partial charge on any atom is -0.491 e. The molecule has 21 heavy (non-hydrogen) atoms. The molecule has 3 rings (SSSR count). The summed E-state index contributed by atoms with van der Waals surface area (Å²) in [4.78, 5) is 11.7. The molecule has 2 aromatic carbocycles. The molecule has 0 aliphatic heterocycles. The van der Waals surface area contributed by atoms with Crippen molar-refractivity contribution in [3.63, 3.8) is 0 Å². The van der Waals surface area contributed by atoms with Crippen molar-refractivity contribution in [1.29, 1.82) is 0 Å². The Labute approximate surface area is 122 Å². The highest BCUT2D eigenvalue weighted by atomic mass is 16.5. The largest absolute Gasteiger partial charge is 0.491 e. The SMILES string of the molecule is O=C(NCCOc1cccc2ccccc12)c1ccoc1. The maximum absolute atomic E-state index is 11.7. The molecule has 0 saturated carbocycles. The van der Waals surface area contributed by atoms with Crippen LogP contribution in [0.1, 0.15) is 10.4 Å². The number of amides is 1. The lowest BCUT2D eigenvalue weighted by molar-refractivity contribution is 0.0946. The van der Waals surface area contributed by atoms with Gasteiger partial charge in [-0.05, 0) is 17.5 Å². The normalized spacial score (nSPS) is 10.5. The van der Waals surface area contributed by atoms with Gasteiger partial charge in [0.1, 0.15) is 18.6 Å². The predicted octanol–water partition coefficient (Wildman–Crippen LogP) is 3.24. The van der Waals surface area contributed by atoms with Crippen LogP contribution < -0.4 is 10.1 Å². The summed E-state index contributed by atoms with van der Waals surface area (Å²) >= 11 is 0. The molecule has 1 amide bonds. The second-order valence-electron chi connectivity index (χ2n) is 4.59. The molecule has 0 fully saturated rings.